The van der Waals surface area contributed by atoms with Gasteiger partial charge in [0.15, 0.2) is 0 Å². The molecule has 1 aromatic heterocycles. The number of fused-ring (bicyclic) bond motifs is 1. The number of aromatic nitrogens is 2. The van der Waals surface area contributed by atoms with Gasteiger partial charge in [-0.15, -0.1) is 0 Å². The van der Waals surface area contributed by atoms with Crippen molar-refractivity contribution in [2.75, 3.05) is 5.32 Å². The van der Waals surface area contributed by atoms with Gasteiger partial charge in [0.2, 0.25) is 0 Å². The summed E-state index contributed by atoms with van der Waals surface area (Å²) in [6, 6.07) is 11.5. The van der Waals surface area contributed by atoms with Crippen molar-refractivity contribution >= 4 is 16.7 Å². The van der Waals surface area contributed by atoms with Crippen LogP contribution in [0.4, 0.5) is 19.0 Å². The zero-order valence-electron chi connectivity index (χ0n) is 14.1. The van der Waals surface area contributed by atoms with E-state index in [4.69, 9.17) is 0 Å². The van der Waals surface area contributed by atoms with Crippen LogP contribution in [0.3, 0.4) is 0 Å². The third kappa shape index (κ3) is 3.43. The molecule has 130 valence electrons. The molecular formula is C19H18F3N3. The Morgan fingerprint density at radius 1 is 0.960 bits per heavy atom. The van der Waals surface area contributed by atoms with Crippen LogP contribution in [-0.2, 0) is 6.18 Å². The first-order valence-electron chi connectivity index (χ1n) is 7.94. The van der Waals surface area contributed by atoms with Crippen LogP contribution in [0.5, 0.6) is 0 Å². The summed E-state index contributed by atoms with van der Waals surface area (Å²) < 4.78 is 39.4. The maximum absolute atomic E-state index is 13.1. The molecule has 3 nitrogen and oxygen atoms in total. The first-order valence-corrected chi connectivity index (χ1v) is 7.94. The summed E-state index contributed by atoms with van der Waals surface area (Å²) in [5, 5.41) is 4.08. The number of nitrogens with zero attached hydrogens (tertiary/aromatic N) is 2. The van der Waals surface area contributed by atoms with Gasteiger partial charge in [-0.3, -0.25) is 0 Å². The zero-order valence-corrected chi connectivity index (χ0v) is 14.1. The predicted molar refractivity (Wildman–Crippen MR) is 92.5 cm³/mol. The van der Waals surface area contributed by atoms with E-state index in [2.05, 4.69) is 15.3 Å². The van der Waals surface area contributed by atoms with Gasteiger partial charge in [0, 0.05) is 5.39 Å². The van der Waals surface area contributed by atoms with Gasteiger partial charge in [-0.05, 0) is 50.1 Å². The smallest absolute Gasteiger partial charge is 0.363 e. The van der Waals surface area contributed by atoms with E-state index >= 15 is 0 Å². The highest BCUT2D eigenvalue weighted by Gasteiger charge is 2.33. The summed E-state index contributed by atoms with van der Waals surface area (Å²) in [7, 11) is 0. The Morgan fingerprint density at radius 2 is 1.68 bits per heavy atom. The fraction of sp³-hybridized carbons (Fsp3) is 0.263. The first kappa shape index (κ1) is 17.2. The Morgan fingerprint density at radius 3 is 2.40 bits per heavy atom. The number of anilines is 1. The van der Waals surface area contributed by atoms with Crippen molar-refractivity contribution in [3.05, 3.63) is 65.0 Å². The van der Waals surface area contributed by atoms with Crippen LogP contribution >= 0.6 is 0 Å². The van der Waals surface area contributed by atoms with Gasteiger partial charge in [-0.1, -0.05) is 24.3 Å². The summed E-state index contributed by atoms with van der Waals surface area (Å²) in [6.07, 6.45) is -4.36. The lowest BCUT2D eigenvalue weighted by atomic mass is 9.97. The summed E-state index contributed by atoms with van der Waals surface area (Å²) in [4.78, 5) is 8.80. The highest BCUT2D eigenvalue weighted by atomic mass is 19.4. The van der Waals surface area contributed by atoms with E-state index in [-0.39, 0.29) is 11.6 Å². The molecule has 1 heterocycles. The lowest BCUT2D eigenvalue weighted by Crippen LogP contribution is -2.14. The van der Waals surface area contributed by atoms with Crippen molar-refractivity contribution in [2.24, 2.45) is 0 Å². The maximum atomic E-state index is 13.1. The van der Waals surface area contributed by atoms with E-state index in [1.54, 1.807) is 13.0 Å². The van der Waals surface area contributed by atoms with Gasteiger partial charge >= 0.3 is 6.18 Å². The lowest BCUT2D eigenvalue weighted by Gasteiger charge is -2.21. The van der Waals surface area contributed by atoms with E-state index < -0.39 is 11.7 Å². The molecular weight excluding hydrogens is 327 g/mol. The van der Waals surface area contributed by atoms with Gasteiger partial charge < -0.3 is 5.32 Å². The molecule has 6 heteroatoms. The number of nitrogens with one attached hydrogen (secondary N) is 1. The quantitative estimate of drug-likeness (QED) is 0.687. The number of hydrogen-bond donors (Lipinski definition) is 1. The summed E-state index contributed by atoms with van der Waals surface area (Å²) in [6.45, 7) is 5.12. The van der Waals surface area contributed by atoms with Gasteiger partial charge in [-0.25, -0.2) is 9.97 Å². The van der Waals surface area contributed by atoms with Gasteiger partial charge in [-0.2, -0.15) is 13.2 Å². The van der Waals surface area contributed by atoms with Crippen LogP contribution in [0.15, 0.2) is 42.5 Å². The number of halogens is 3. The second kappa shape index (κ2) is 6.35. The molecule has 0 fully saturated rings. The van der Waals surface area contributed by atoms with Crippen molar-refractivity contribution in [2.45, 2.75) is 33.0 Å². The average Bonchev–Trinajstić information content (AvgIpc) is 2.53. The molecule has 0 bridgehead atoms. The lowest BCUT2D eigenvalue weighted by molar-refractivity contribution is -0.138. The Labute approximate surface area is 143 Å². The van der Waals surface area contributed by atoms with Crippen molar-refractivity contribution < 1.29 is 13.2 Å². The highest BCUT2D eigenvalue weighted by Crippen LogP contribution is 2.35. The highest BCUT2D eigenvalue weighted by molar-refractivity contribution is 5.89. The molecule has 3 rings (SSSR count). The predicted octanol–water partition coefficient (Wildman–Crippen LogP) is 5.44. The fourth-order valence-electron chi connectivity index (χ4n) is 3.02. The second-order valence-electron chi connectivity index (χ2n) is 6.02. The molecule has 3 aromatic rings. The molecule has 1 N–H and O–H groups in total. The molecule has 1 unspecified atom stereocenters. The van der Waals surface area contributed by atoms with Crippen molar-refractivity contribution in [1.82, 2.24) is 9.97 Å². The average molecular weight is 345 g/mol. The Bertz CT molecular complexity index is 919. The number of benzene rings is 2. The van der Waals surface area contributed by atoms with Gasteiger partial charge in [0.05, 0.1) is 17.1 Å². The Kier molecular flexibility index (Phi) is 4.37. The molecule has 0 saturated heterocycles. The van der Waals surface area contributed by atoms with Crippen molar-refractivity contribution in [1.29, 1.82) is 0 Å². The van der Waals surface area contributed by atoms with Crippen LogP contribution in [0.1, 0.15) is 35.5 Å². The van der Waals surface area contributed by atoms with Crippen molar-refractivity contribution in [3.8, 4) is 0 Å². The van der Waals surface area contributed by atoms with Gasteiger partial charge in [0.1, 0.15) is 11.6 Å². The summed E-state index contributed by atoms with van der Waals surface area (Å²) in [5.41, 5.74) is 1.01. The van der Waals surface area contributed by atoms with E-state index in [1.807, 2.05) is 31.2 Å². The third-order valence-electron chi connectivity index (χ3n) is 4.22. The van der Waals surface area contributed by atoms with Crippen LogP contribution in [0, 0.1) is 13.8 Å². The Balaban J connectivity index is 2.00. The molecule has 1 atom stereocenters. The minimum Gasteiger partial charge on any atom is -0.363 e. The molecule has 0 saturated carbocycles. The number of rotatable bonds is 3. The van der Waals surface area contributed by atoms with E-state index in [0.29, 0.717) is 17.2 Å². The number of aryl methyl sites for hydroxylation is 1. The molecule has 0 spiro atoms. The molecule has 0 aliphatic heterocycles. The fourth-order valence-corrected chi connectivity index (χ4v) is 3.02. The normalized spacial score (nSPS) is 13.0. The topological polar surface area (TPSA) is 37.8 Å². The monoisotopic (exact) mass is 345 g/mol. The van der Waals surface area contributed by atoms with Crippen LogP contribution in [-0.4, -0.2) is 9.97 Å². The molecule has 25 heavy (non-hydrogen) atoms. The third-order valence-corrected chi connectivity index (χ3v) is 4.22. The molecule has 0 aliphatic carbocycles. The number of alkyl halides is 3. The maximum Gasteiger partial charge on any atom is 0.416 e. The summed E-state index contributed by atoms with van der Waals surface area (Å²) >= 11 is 0. The second-order valence-corrected chi connectivity index (χ2v) is 6.02. The van der Waals surface area contributed by atoms with E-state index in [0.717, 1.165) is 17.0 Å². The largest absolute Gasteiger partial charge is 0.416 e. The van der Waals surface area contributed by atoms with Crippen LogP contribution in [0.25, 0.3) is 10.9 Å². The standard InChI is InChI=1S/C19H18F3N3/c1-11-14(8-6-9-16(11)19(20,21)22)12(2)23-18-15-7-4-5-10-17(15)24-13(3)25-18/h4-10,12H,1-3H3,(H,23,24,25). The van der Waals surface area contributed by atoms with E-state index in [9.17, 15) is 13.2 Å². The van der Waals surface area contributed by atoms with Crippen LogP contribution < -0.4 is 5.32 Å². The minimum absolute atomic E-state index is 0.227. The Hall–Kier alpha value is -2.63. The molecule has 2 aromatic carbocycles. The molecule has 0 amide bonds. The summed E-state index contributed by atoms with van der Waals surface area (Å²) in [5.74, 6) is 1.22. The van der Waals surface area contributed by atoms with Crippen LogP contribution in [0.2, 0.25) is 0 Å². The minimum atomic E-state index is -4.36. The van der Waals surface area contributed by atoms with Crippen molar-refractivity contribution in [3.63, 3.8) is 0 Å². The number of para-hydroxylation sites is 1. The molecule has 0 aliphatic rings. The van der Waals surface area contributed by atoms with Gasteiger partial charge in [0.25, 0.3) is 0 Å². The first-order chi connectivity index (χ1) is 11.8. The molecule has 0 radical (unpaired) electrons. The van der Waals surface area contributed by atoms with E-state index in [1.165, 1.54) is 13.0 Å². The zero-order chi connectivity index (χ0) is 18.2. The number of hydrogen-bond acceptors (Lipinski definition) is 3. The SMILES string of the molecule is Cc1nc(NC(C)c2cccc(C(F)(F)F)c2C)c2ccccc2n1.